The molecule has 2 unspecified atom stereocenters. The van der Waals surface area contributed by atoms with Crippen molar-refractivity contribution in [1.29, 1.82) is 0 Å². The second kappa shape index (κ2) is 6.60. The number of sulfonamides is 1. The first kappa shape index (κ1) is 18.4. The molecule has 3 aliphatic rings. The molecule has 0 radical (unpaired) electrons. The van der Waals surface area contributed by atoms with E-state index in [1.165, 1.54) is 0 Å². The van der Waals surface area contributed by atoms with E-state index >= 15 is 0 Å². The first-order valence-electron chi connectivity index (χ1n) is 9.41. The van der Waals surface area contributed by atoms with Gasteiger partial charge in [0.25, 0.3) is 0 Å². The van der Waals surface area contributed by atoms with Crippen molar-refractivity contribution in [2.24, 2.45) is 17.8 Å². The lowest BCUT2D eigenvalue weighted by Gasteiger charge is -2.34. The summed E-state index contributed by atoms with van der Waals surface area (Å²) < 4.78 is 28.8. The van der Waals surface area contributed by atoms with Crippen LogP contribution in [0.25, 0.3) is 0 Å². The number of hydrogen-bond acceptors (Lipinski definition) is 3. The zero-order chi connectivity index (χ0) is 18.6. The van der Waals surface area contributed by atoms with Crippen molar-refractivity contribution in [2.45, 2.75) is 44.4 Å². The summed E-state index contributed by atoms with van der Waals surface area (Å²) in [4.78, 5) is 14.6. The molecule has 2 heterocycles. The number of fused-ring (bicyclic) bond motifs is 1. The minimum absolute atomic E-state index is 0.133. The van der Waals surface area contributed by atoms with Crippen LogP contribution in [0.5, 0.6) is 0 Å². The van der Waals surface area contributed by atoms with Gasteiger partial charge in [-0.1, -0.05) is 13.8 Å². The van der Waals surface area contributed by atoms with Crippen molar-refractivity contribution in [2.75, 3.05) is 24.5 Å². The number of carbonyl (C=O) groups is 1. The number of amides is 1. The largest absolute Gasteiger partial charge is 0.312 e. The van der Waals surface area contributed by atoms with Gasteiger partial charge in [0, 0.05) is 35.7 Å². The highest BCUT2D eigenvalue weighted by atomic mass is 79.9. The van der Waals surface area contributed by atoms with Gasteiger partial charge < -0.3 is 4.90 Å². The molecule has 4 rings (SSSR count). The fraction of sp³-hybridized carbons (Fsp3) is 0.632. The molecule has 0 spiro atoms. The Kier molecular flexibility index (Phi) is 4.68. The smallest absolute Gasteiger partial charge is 0.244 e. The molecule has 142 valence electrons. The maximum absolute atomic E-state index is 13.3. The molecule has 2 fully saturated rings. The van der Waals surface area contributed by atoms with E-state index in [9.17, 15) is 13.2 Å². The van der Waals surface area contributed by atoms with Crippen LogP contribution in [-0.4, -0.2) is 38.3 Å². The molecule has 7 heteroatoms. The monoisotopic (exact) mass is 440 g/mol. The SMILES string of the molecule is CC1CC(C)CN(S(=O)(=O)c2cc3c(cc2Br)CCN3C(=O)C2CC2)C1. The molecule has 1 amide bonds. The summed E-state index contributed by atoms with van der Waals surface area (Å²) >= 11 is 3.47. The molecule has 2 atom stereocenters. The van der Waals surface area contributed by atoms with Crippen LogP contribution in [-0.2, 0) is 21.2 Å². The van der Waals surface area contributed by atoms with Gasteiger partial charge in [-0.05, 0) is 71.1 Å². The Morgan fingerprint density at radius 1 is 1.15 bits per heavy atom. The molecule has 1 aliphatic carbocycles. The lowest BCUT2D eigenvalue weighted by molar-refractivity contribution is -0.119. The predicted molar refractivity (Wildman–Crippen MR) is 105 cm³/mol. The minimum atomic E-state index is -3.59. The van der Waals surface area contributed by atoms with Gasteiger partial charge in [-0.2, -0.15) is 4.31 Å². The van der Waals surface area contributed by atoms with E-state index in [0.29, 0.717) is 35.9 Å². The third-order valence-electron chi connectivity index (χ3n) is 5.67. The summed E-state index contributed by atoms with van der Waals surface area (Å²) in [5.74, 6) is 0.993. The normalized spacial score (nSPS) is 26.8. The fourth-order valence-corrected chi connectivity index (χ4v) is 7.06. The molecule has 1 aromatic rings. The van der Waals surface area contributed by atoms with Gasteiger partial charge in [0.1, 0.15) is 0 Å². The van der Waals surface area contributed by atoms with E-state index in [0.717, 1.165) is 36.9 Å². The molecule has 5 nitrogen and oxygen atoms in total. The number of anilines is 1. The summed E-state index contributed by atoms with van der Waals surface area (Å²) in [6.07, 6.45) is 3.75. The number of hydrogen-bond donors (Lipinski definition) is 0. The first-order valence-corrected chi connectivity index (χ1v) is 11.6. The summed E-state index contributed by atoms with van der Waals surface area (Å²) in [6.45, 7) is 5.97. The van der Waals surface area contributed by atoms with E-state index < -0.39 is 10.0 Å². The van der Waals surface area contributed by atoms with Gasteiger partial charge in [0.05, 0.1) is 4.90 Å². The second-order valence-electron chi connectivity index (χ2n) is 8.19. The molecular formula is C19H25BrN2O3S. The molecule has 2 aliphatic heterocycles. The van der Waals surface area contributed by atoms with Crippen molar-refractivity contribution in [3.05, 3.63) is 22.2 Å². The van der Waals surface area contributed by atoms with Gasteiger partial charge in [-0.25, -0.2) is 8.42 Å². The van der Waals surface area contributed by atoms with Crippen LogP contribution in [0.4, 0.5) is 5.69 Å². The molecule has 0 N–H and O–H groups in total. The third-order valence-corrected chi connectivity index (χ3v) is 8.46. The average molecular weight is 441 g/mol. The lowest BCUT2D eigenvalue weighted by atomic mass is 9.94. The topological polar surface area (TPSA) is 57.7 Å². The van der Waals surface area contributed by atoms with Crippen LogP contribution in [0, 0.1) is 17.8 Å². The quantitative estimate of drug-likeness (QED) is 0.723. The number of piperidine rings is 1. The summed E-state index contributed by atoms with van der Waals surface area (Å²) in [5, 5.41) is 0. The van der Waals surface area contributed by atoms with Crippen molar-refractivity contribution >= 4 is 37.5 Å². The standard InChI is InChI=1S/C19H25BrN2O3S/c1-12-7-13(2)11-21(10-12)26(24,25)18-9-17-15(8-16(18)20)5-6-22(17)19(23)14-3-4-14/h8-9,12-14H,3-7,10-11H2,1-2H3. The van der Waals surface area contributed by atoms with Crippen molar-refractivity contribution < 1.29 is 13.2 Å². The van der Waals surface area contributed by atoms with Crippen LogP contribution < -0.4 is 4.90 Å². The Bertz CT molecular complexity index is 841. The Hall–Kier alpha value is -0.920. The molecule has 0 aromatic heterocycles. The average Bonchev–Trinajstić information content (AvgIpc) is 3.33. The zero-order valence-electron chi connectivity index (χ0n) is 15.2. The number of carbonyl (C=O) groups excluding carboxylic acids is 1. The Morgan fingerprint density at radius 3 is 2.42 bits per heavy atom. The van der Waals surface area contributed by atoms with E-state index in [1.54, 1.807) is 15.3 Å². The van der Waals surface area contributed by atoms with Gasteiger partial charge in [-0.3, -0.25) is 4.79 Å². The van der Waals surface area contributed by atoms with Gasteiger partial charge in [-0.15, -0.1) is 0 Å². The minimum Gasteiger partial charge on any atom is -0.312 e. The molecule has 1 aromatic carbocycles. The zero-order valence-corrected chi connectivity index (χ0v) is 17.6. The molecule has 1 saturated heterocycles. The van der Waals surface area contributed by atoms with E-state index in [2.05, 4.69) is 29.8 Å². The van der Waals surface area contributed by atoms with Gasteiger partial charge in [0.15, 0.2) is 0 Å². The fourth-order valence-electron chi connectivity index (χ4n) is 4.31. The summed E-state index contributed by atoms with van der Waals surface area (Å²) in [5.41, 5.74) is 1.83. The molecule has 0 bridgehead atoms. The van der Waals surface area contributed by atoms with Crippen LogP contribution >= 0.6 is 15.9 Å². The summed E-state index contributed by atoms with van der Waals surface area (Å²) in [6, 6.07) is 3.60. The molecule has 1 saturated carbocycles. The van der Waals surface area contributed by atoms with E-state index in [4.69, 9.17) is 0 Å². The number of nitrogens with zero attached hydrogens (tertiary/aromatic N) is 2. The highest BCUT2D eigenvalue weighted by Crippen LogP contribution is 2.40. The Morgan fingerprint density at radius 2 is 1.81 bits per heavy atom. The first-order chi connectivity index (χ1) is 12.3. The highest BCUT2D eigenvalue weighted by Gasteiger charge is 2.38. The van der Waals surface area contributed by atoms with Gasteiger partial charge in [0.2, 0.25) is 15.9 Å². The molecular weight excluding hydrogens is 416 g/mol. The molecule has 26 heavy (non-hydrogen) atoms. The van der Waals surface area contributed by atoms with Crippen LogP contribution in [0.1, 0.15) is 38.7 Å². The number of halogens is 1. The van der Waals surface area contributed by atoms with Crippen LogP contribution in [0.15, 0.2) is 21.5 Å². The predicted octanol–water partition coefficient (Wildman–Crippen LogP) is 3.41. The van der Waals surface area contributed by atoms with E-state index in [-0.39, 0.29) is 16.7 Å². The van der Waals surface area contributed by atoms with Crippen molar-refractivity contribution in [1.82, 2.24) is 4.31 Å². The van der Waals surface area contributed by atoms with Crippen LogP contribution in [0.2, 0.25) is 0 Å². The van der Waals surface area contributed by atoms with Crippen molar-refractivity contribution in [3.63, 3.8) is 0 Å². The van der Waals surface area contributed by atoms with E-state index in [1.807, 2.05) is 6.07 Å². The third kappa shape index (κ3) is 3.22. The summed E-state index contributed by atoms with van der Waals surface area (Å²) in [7, 11) is -3.59. The van der Waals surface area contributed by atoms with Crippen molar-refractivity contribution in [3.8, 4) is 0 Å². The number of rotatable bonds is 3. The lowest BCUT2D eigenvalue weighted by Crippen LogP contribution is -2.42. The Labute approximate surface area is 163 Å². The number of benzene rings is 1. The van der Waals surface area contributed by atoms with Crippen LogP contribution in [0.3, 0.4) is 0 Å². The highest BCUT2D eigenvalue weighted by molar-refractivity contribution is 9.10. The maximum atomic E-state index is 13.3. The maximum Gasteiger partial charge on any atom is 0.244 e. The second-order valence-corrected chi connectivity index (χ2v) is 11.0. The van der Waals surface area contributed by atoms with Gasteiger partial charge >= 0.3 is 0 Å². The Balaban J connectivity index is 1.70.